The Bertz CT molecular complexity index is 747. The highest BCUT2D eigenvalue weighted by Crippen LogP contribution is 2.14. The van der Waals surface area contributed by atoms with Crippen molar-refractivity contribution in [1.29, 1.82) is 0 Å². The second kappa shape index (κ2) is 5.25. The molecule has 7 nitrogen and oxygen atoms in total. The number of nitrogens with two attached hydrogens (primary N) is 1. The third kappa shape index (κ3) is 2.59. The van der Waals surface area contributed by atoms with E-state index in [1.165, 1.54) is 27.7 Å². The van der Waals surface area contributed by atoms with Gasteiger partial charge in [0.2, 0.25) is 0 Å². The first kappa shape index (κ1) is 13.9. The van der Waals surface area contributed by atoms with Crippen LogP contribution in [0.2, 0.25) is 0 Å². The van der Waals surface area contributed by atoms with Crippen molar-refractivity contribution in [3.05, 3.63) is 46.0 Å². The Morgan fingerprint density at radius 2 is 2.15 bits per heavy atom. The number of hydrogen-bond acceptors (Lipinski definition) is 4. The SMILES string of the molecule is Cn1ncc(C(N)=S)c1NC(=O)c1ccn(C)c(=O)c1. The molecular weight excluding hydrogens is 278 g/mol. The lowest BCUT2D eigenvalue weighted by atomic mass is 10.2. The molecule has 2 rings (SSSR count). The summed E-state index contributed by atoms with van der Waals surface area (Å²) >= 11 is 4.89. The van der Waals surface area contributed by atoms with Crippen molar-refractivity contribution in [3.8, 4) is 0 Å². The van der Waals surface area contributed by atoms with Gasteiger partial charge in [-0.2, -0.15) is 5.10 Å². The maximum Gasteiger partial charge on any atom is 0.257 e. The zero-order valence-electron chi connectivity index (χ0n) is 11.0. The molecule has 0 atom stereocenters. The number of carbonyl (C=O) groups excluding carboxylic acids is 1. The van der Waals surface area contributed by atoms with Gasteiger partial charge in [0.25, 0.3) is 11.5 Å². The van der Waals surface area contributed by atoms with E-state index < -0.39 is 5.91 Å². The molecule has 0 bridgehead atoms. The van der Waals surface area contributed by atoms with Crippen LogP contribution in [0, 0.1) is 0 Å². The number of nitrogens with one attached hydrogen (secondary N) is 1. The molecule has 0 saturated heterocycles. The highest BCUT2D eigenvalue weighted by Gasteiger charge is 2.15. The van der Waals surface area contributed by atoms with Gasteiger partial charge >= 0.3 is 0 Å². The Morgan fingerprint density at radius 1 is 1.45 bits per heavy atom. The molecule has 0 aliphatic carbocycles. The molecule has 0 aliphatic rings. The smallest absolute Gasteiger partial charge is 0.257 e. The Hall–Kier alpha value is -2.48. The van der Waals surface area contributed by atoms with Gasteiger partial charge in [0.15, 0.2) is 0 Å². The highest BCUT2D eigenvalue weighted by molar-refractivity contribution is 7.80. The van der Waals surface area contributed by atoms with Crippen molar-refractivity contribution >= 4 is 28.9 Å². The fourth-order valence-electron chi connectivity index (χ4n) is 1.64. The summed E-state index contributed by atoms with van der Waals surface area (Å²) < 4.78 is 2.83. The number of amides is 1. The van der Waals surface area contributed by atoms with Gasteiger partial charge in [-0.05, 0) is 6.07 Å². The Labute approximate surface area is 120 Å². The quantitative estimate of drug-likeness (QED) is 0.777. The van der Waals surface area contributed by atoms with Gasteiger partial charge in [-0.3, -0.25) is 14.3 Å². The van der Waals surface area contributed by atoms with Gasteiger partial charge < -0.3 is 15.6 Å². The van der Waals surface area contributed by atoms with E-state index in [1.807, 2.05) is 0 Å². The number of anilines is 1. The zero-order valence-corrected chi connectivity index (χ0v) is 11.8. The van der Waals surface area contributed by atoms with Crippen LogP contribution in [-0.4, -0.2) is 25.2 Å². The first-order valence-electron chi connectivity index (χ1n) is 5.70. The van der Waals surface area contributed by atoms with Crippen molar-refractivity contribution in [2.45, 2.75) is 0 Å². The third-order valence-corrected chi connectivity index (χ3v) is 3.02. The largest absolute Gasteiger partial charge is 0.389 e. The van der Waals surface area contributed by atoms with E-state index in [0.717, 1.165) is 0 Å². The first-order valence-corrected chi connectivity index (χ1v) is 6.11. The van der Waals surface area contributed by atoms with Crippen LogP contribution in [0.5, 0.6) is 0 Å². The molecule has 1 amide bonds. The molecule has 0 fully saturated rings. The van der Waals surface area contributed by atoms with Crippen molar-refractivity contribution < 1.29 is 4.79 Å². The average molecular weight is 291 g/mol. The van der Waals surface area contributed by atoms with E-state index in [0.29, 0.717) is 11.4 Å². The lowest BCUT2D eigenvalue weighted by molar-refractivity contribution is 0.102. The highest BCUT2D eigenvalue weighted by atomic mass is 32.1. The molecule has 2 aromatic rings. The minimum atomic E-state index is -0.427. The van der Waals surface area contributed by atoms with E-state index >= 15 is 0 Å². The average Bonchev–Trinajstić information content (AvgIpc) is 2.74. The van der Waals surface area contributed by atoms with Gasteiger partial charge in [0, 0.05) is 31.9 Å². The molecule has 8 heteroatoms. The standard InChI is InChI=1S/C12H13N5O2S/c1-16-4-3-7(5-9(16)18)12(19)15-11-8(10(13)20)6-14-17(11)2/h3-6H,1-2H3,(H2,13,20)(H,15,19). The molecular formula is C12H13N5O2S. The van der Waals surface area contributed by atoms with Crippen LogP contribution in [0.1, 0.15) is 15.9 Å². The van der Waals surface area contributed by atoms with Gasteiger partial charge in [-0.15, -0.1) is 0 Å². The van der Waals surface area contributed by atoms with Crippen LogP contribution >= 0.6 is 12.2 Å². The third-order valence-electron chi connectivity index (χ3n) is 2.80. The van der Waals surface area contributed by atoms with Crippen molar-refractivity contribution in [2.75, 3.05) is 5.32 Å². The van der Waals surface area contributed by atoms with Gasteiger partial charge in [0.1, 0.15) is 10.8 Å². The van der Waals surface area contributed by atoms with Gasteiger partial charge in [-0.25, -0.2) is 0 Å². The number of nitrogens with zero attached hydrogens (tertiary/aromatic N) is 3. The van der Waals surface area contributed by atoms with E-state index in [4.69, 9.17) is 18.0 Å². The summed E-state index contributed by atoms with van der Waals surface area (Å²) in [5.74, 6) is -0.0352. The topological polar surface area (TPSA) is 94.9 Å². The van der Waals surface area contributed by atoms with Crippen LogP contribution < -0.4 is 16.6 Å². The maximum atomic E-state index is 12.1. The summed E-state index contributed by atoms with van der Waals surface area (Å²) in [6.07, 6.45) is 3.00. The second-order valence-corrected chi connectivity index (χ2v) is 4.65. The number of pyridine rings is 1. The molecule has 104 valence electrons. The van der Waals surface area contributed by atoms with Crippen LogP contribution in [0.25, 0.3) is 0 Å². The Morgan fingerprint density at radius 3 is 2.75 bits per heavy atom. The number of rotatable bonds is 3. The fourth-order valence-corrected chi connectivity index (χ4v) is 1.78. The predicted molar refractivity (Wildman–Crippen MR) is 78.7 cm³/mol. The molecule has 2 heterocycles. The first-order chi connectivity index (χ1) is 9.40. The summed E-state index contributed by atoms with van der Waals surface area (Å²) in [6, 6.07) is 2.81. The summed E-state index contributed by atoms with van der Waals surface area (Å²) in [6.45, 7) is 0. The fraction of sp³-hybridized carbons (Fsp3) is 0.167. The predicted octanol–water partition coefficient (Wildman–Crippen LogP) is 0.00530. The van der Waals surface area contributed by atoms with Crippen LogP contribution in [-0.2, 0) is 14.1 Å². The van der Waals surface area contributed by atoms with Gasteiger partial charge in [0.05, 0.1) is 11.8 Å². The molecule has 0 saturated carbocycles. The number of aromatic nitrogens is 3. The van der Waals surface area contributed by atoms with E-state index in [9.17, 15) is 9.59 Å². The molecule has 3 N–H and O–H groups in total. The number of thiocarbonyl (C=S) groups is 1. The lowest BCUT2D eigenvalue weighted by Crippen LogP contribution is -2.22. The minimum Gasteiger partial charge on any atom is -0.389 e. The molecule has 0 aliphatic heterocycles. The van der Waals surface area contributed by atoms with Gasteiger partial charge in [-0.1, -0.05) is 12.2 Å². The monoisotopic (exact) mass is 291 g/mol. The normalized spacial score (nSPS) is 10.3. The Kier molecular flexibility index (Phi) is 3.66. The molecule has 20 heavy (non-hydrogen) atoms. The summed E-state index contributed by atoms with van der Waals surface area (Å²) in [5.41, 5.74) is 6.02. The van der Waals surface area contributed by atoms with E-state index in [2.05, 4.69) is 10.4 Å². The molecule has 2 aromatic heterocycles. The van der Waals surface area contributed by atoms with Crippen LogP contribution in [0.15, 0.2) is 29.3 Å². The number of aryl methyl sites for hydroxylation is 2. The van der Waals surface area contributed by atoms with E-state index in [1.54, 1.807) is 20.2 Å². The van der Waals surface area contributed by atoms with Crippen molar-refractivity contribution in [1.82, 2.24) is 14.3 Å². The minimum absolute atomic E-state index is 0.136. The van der Waals surface area contributed by atoms with Crippen LogP contribution in [0.4, 0.5) is 5.82 Å². The molecule has 0 spiro atoms. The molecule has 0 radical (unpaired) electrons. The Balaban J connectivity index is 2.32. The summed E-state index contributed by atoms with van der Waals surface area (Å²) in [4.78, 5) is 23.8. The molecule has 0 aromatic carbocycles. The summed E-state index contributed by atoms with van der Waals surface area (Å²) in [5, 5.41) is 6.63. The number of carbonyl (C=O) groups is 1. The van der Waals surface area contributed by atoms with E-state index in [-0.39, 0.29) is 16.1 Å². The summed E-state index contributed by atoms with van der Waals surface area (Å²) in [7, 11) is 3.26. The van der Waals surface area contributed by atoms with Crippen molar-refractivity contribution in [2.24, 2.45) is 19.8 Å². The lowest BCUT2D eigenvalue weighted by Gasteiger charge is -2.08. The zero-order chi connectivity index (χ0) is 14.9. The number of hydrogen-bond donors (Lipinski definition) is 2. The maximum absolute atomic E-state index is 12.1. The van der Waals surface area contributed by atoms with Crippen LogP contribution in [0.3, 0.4) is 0 Å². The van der Waals surface area contributed by atoms with Crippen molar-refractivity contribution in [3.63, 3.8) is 0 Å². The second-order valence-electron chi connectivity index (χ2n) is 4.21. The molecule has 0 unspecified atom stereocenters.